The maximum atomic E-state index is 12.9. The molecule has 0 fully saturated rings. The van der Waals surface area contributed by atoms with Gasteiger partial charge < -0.3 is 14.2 Å². The van der Waals surface area contributed by atoms with E-state index < -0.39 is 6.10 Å². The first kappa shape index (κ1) is 76.8. The van der Waals surface area contributed by atoms with Crippen molar-refractivity contribution in [2.75, 3.05) is 13.2 Å². The van der Waals surface area contributed by atoms with Gasteiger partial charge in [0.25, 0.3) is 0 Å². The van der Waals surface area contributed by atoms with Gasteiger partial charge in [-0.3, -0.25) is 14.4 Å². The molecule has 0 aliphatic rings. The van der Waals surface area contributed by atoms with Gasteiger partial charge in [0.2, 0.25) is 0 Å². The Kier molecular flexibility index (Phi) is 64.8. The van der Waals surface area contributed by atoms with E-state index in [1.54, 1.807) is 0 Å². The molecule has 0 aliphatic carbocycles. The smallest absolute Gasteiger partial charge is 0.306 e. The quantitative estimate of drug-likeness (QED) is 0.0261. The third kappa shape index (κ3) is 66.5. The molecule has 0 rings (SSSR count). The number of hydrogen-bond acceptors (Lipinski definition) is 6. The van der Waals surface area contributed by atoms with E-state index in [1.165, 1.54) is 135 Å². The molecular formula is C75H126O6. The zero-order valence-corrected chi connectivity index (χ0v) is 53.0. The number of carbonyl (C=O) groups excluding carboxylic acids is 3. The minimum atomic E-state index is -0.793. The van der Waals surface area contributed by atoms with E-state index in [1.807, 2.05) is 0 Å². The highest BCUT2D eigenvalue weighted by atomic mass is 16.6. The monoisotopic (exact) mass is 1120 g/mol. The molecule has 462 valence electrons. The Labute approximate surface area is 501 Å². The Balaban J connectivity index is 4.23. The van der Waals surface area contributed by atoms with E-state index in [0.717, 1.165) is 141 Å². The molecule has 0 saturated heterocycles. The molecule has 1 atom stereocenters. The summed E-state index contributed by atoms with van der Waals surface area (Å²) in [5.41, 5.74) is 0. The number of rotatable bonds is 61. The second kappa shape index (κ2) is 68.3. The van der Waals surface area contributed by atoms with Crippen molar-refractivity contribution < 1.29 is 28.6 Å². The van der Waals surface area contributed by atoms with Gasteiger partial charge in [0.05, 0.1) is 0 Å². The lowest BCUT2D eigenvalue weighted by Crippen LogP contribution is -2.30. The number of allylic oxidation sites excluding steroid dienone is 20. The summed E-state index contributed by atoms with van der Waals surface area (Å²) in [6.07, 6.45) is 95.1. The highest BCUT2D eigenvalue weighted by Crippen LogP contribution is 2.16. The van der Waals surface area contributed by atoms with Gasteiger partial charge >= 0.3 is 17.9 Å². The van der Waals surface area contributed by atoms with Crippen LogP contribution in [0, 0.1) is 0 Å². The zero-order valence-electron chi connectivity index (χ0n) is 53.0. The average molecular weight is 1120 g/mol. The van der Waals surface area contributed by atoms with E-state index in [0.29, 0.717) is 19.3 Å². The van der Waals surface area contributed by atoms with Crippen molar-refractivity contribution in [1.82, 2.24) is 0 Å². The van der Waals surface area contributed by atoms with E-state index in [-0.39, 0.29) is 31.1 Å². The Morgan fingerprint density at radius 2 is 0.481 bits per heavy atom. The molecule has 0 heterocycles. The number of unbranched alkanes of at least 4 members (excludes halogenated alkanes) is 30. The molecular weight excluding hydrogens is 997 g/mol. The number of carbonyl (C=O) groups is 3. The molecule has 0 spiro atoms. The molecule has 0 aliphatic heterocycles. The van der Waals surface area contributed by atoms with Gasteiger partial charge in [-0.1, -0.05) is 290 Å². The van der Waals surface area contributed by atoms with Crippen molar-refractivity contribution in [3.8, 4) is 0 Å². The van der Waals surface area contributed by atoms with Crippen LogP contribution in [0.15, 0.2) is 122 Å². The standard InChI is InChI=1S/C75H126O6/c1-4-7-10-13-16-19-22-25-28-29-30-31-32-33-34-35-36-37-38-39-40-41-42-43-44-45-48-50-53-56-59-62-65-68-74(77)80-71-72(81-75(78)69-66-63-60-57-54-51-47-27-24-21-18-15-12-9-6-3)70-79-73(76)67-64-61-58-55-52-49-46-26-23-20-17-14-11-8-5-2/h7,9-10,12,16,18-19,21,25-28,30-31,33-34,36-37,46-47,72H,4-6,8,11,13-15,17,20,22-24,29,32,35,38-45,48-71H2,1-3H3/b10-7-,12-9-,19-16-,21-18-,28-25-,31-30-,34-33-,37-36-,46-26-,47-27-. The highest BCUT2D eigenvalue weighted by Gasteiger charge is 2.19. The first-order chi connectivity index (χ1) is 40.0. The van der Waals surface area contributed by atoms with Crippen LogP contribution < -0.4 is 0 Å². The van der Waals surface area contributed by atoms with E-state index in [9.17, 15) is 14.4 Å². The third-order valence-corrected chi connectivity index (χ3v) is 14.4. The van der Waals surface area contributed by atoms with Gasteiger partial charge in [-0.05, 0) is 128 Å². The maximum Gasteiger partial charge on any atom is 0.306 e. The topological polar surface area (TPSA) is 78.9 Å². The molecule has 0 bridgehead atoms. The summed E-state index contributed by atoms with van der Waals surface area (Å²) in [6.45, 7) is 6.41. The van der Waals surface area contributed by atoms with Crippen molar-refractivity contribution in [3.63, 3.8) is 0 Å². The fourth-order valence-electron chi connectivity index (χ4n) is 9.40. The second-order valence-corrected chi connectivity index (χ2v) is 22.3. The van der Waals surface area contributed by atoms with Crippen molar-refractivity contribution in [2.24, 2.45) is 0 Å². The first-order valence-corrected chi connectivity index (χ1v) is 34.0. The summed E-state index contributed by atoms with van der Waals surface area (Å²) in [4.78, 5) is 38.3. The summed E-state index contributed by atoms with van der Waals surface area (Å²) in [6, 6.07) is 0. The van der Waals surface area contributed by atoms with Crippen LogP contribution >= 0.6 is 0 Å². The van der Waals surface area contributed by atoms with Crippen LogP contribution in [0.4, 0.5) is 0 Å². The molecule has 0 aromatic carbocycles. The van der Waals surface area contributed by atoms with Crippen LogP contribution in [-0.4, -0.2) is 37.2 Å². The Hall–Kier alpha value is -4.19. The van der Waals surface area contributed by atoms with Crippen molar-refractivity contribution in [3.05, 3.63) is 122 Å². The van der Waals surface area contributed by atoms with Crippen LogP contribution in [0.3, 0.4) is 0 Å². The molecule has 0 radical (unpaired) electrons. The average Bonchev–Trinajstić information content (AvgIpc) is 3.47. The highest BCUT2D eigenvalue weighted by molar-refractivity contribution is 5.71. The van der Waals surface area contributed by atoms with Gasteiger partial charge in [-0.15, -0.1) is 0 Å². The summed E-state index contributed by atoms with van der Waals surface area (Å²) < 4.78 is 16.9. The summed E-state index contributed by atoms with van der Waals surface area (Å²) in [7, 11) is 0. The van der Waals surface area contributed by atoms with Crippen LogP contribution in [0.25, 0.3) is 0 Å². The van der Waals surface area contributed by atoms with Crippen LogP contribution in [0.2, 0.25) is 0 Å². The van der Waals surface area contributed by atoms with Crippen molar-refractivity contribution in [2.45, 2.75) is 322 Å². The predicted molar refractivity (Wildman–Crippen MR) is 353 cm³/mol. The van der Waals surface area contributed by atoms with Crippen molar-refractivity contribution >= 4 is 17.9 Å². The number of hydrogen-bond donors (Lipinski definition) is 0. The minimum Gasteiger partial charge on any atom is -0.462 e. The lowest BCUT2D eigenvalue weighted by atomic mass is 10.0. The second-order valence-electron chi connectivity index (χ2n) is 22.3. The third-order valence-electron chi connectivity index (χ3n) is 14.4. The molecule has 0 aromatic rings. The Morgan fingerprint density at radius 1 is 0.259 bits per heavy atom. The number of ether oxygens (including phenoxy) is 3. The normalized spacial score (nSPS) is 12.9. The summed E-state index contributed by atoms with van der Waals surface area (Å²) >= 11 is 0. The van der Waals surface area contributed by atoms with E-state index in [2.05, 4.69) is 142 Å². The van der Waals surface area contributed by atoms with Gasteiger partial charge in [-0.25, -0.2) is 0 Å². The molecule has 0 saturated carbocycles. The van der Waals surface area contributed by atoms with Crippen LogP contribution in [0.5, 0.6) is 0 Å². The molecule has 0 N–H and O–H groups in total. The minimum absolute atomic E-state index is 0.0878. The number of esters is 3. The predicted octanol–water partition coefficient (Wildman–Crippen LogP) is 23.6. The Bertz CT molecular complexity index is 1670. The lowest BCUT2D eigenvalue weighted by Gasteiger charge is -2.18. The van der Waals surface area contributed by atoms with Gasteiger partial charge in [0.15, 0.2) is 6.10 Å². The van der Waals surface area contributed by atoms with E-state index >= 15 is 0 Å². The summed E-state index contributed by atoms with van der Waals surface area (Å²) in [5, 5.41) is 0. The van der Waals surface area contributed by atoms with Crippen LogP contribution in [0.1, 0.15) is 316 Å². The van der Waals surface area contributed by atoms with Crippen molar-refractivity contribution in [1.29, 1.82) is 0 Å². The van der Waals surface area contributed by atoms with Gasteiger partial charge in [0, 0.05) is 19.3 Å². The summed E-state index contributed by atoms with van der Waals surface area (Å²) in [5.74, 6) is -0.905. The molecule has 6 nitrogen and oxygen atoms in total. The van der Waals surface area contributed by atoms with Gasteiger partial charge in [0.1, 0.15) is 13.2 Å². The van der Waals surface area contributed by atoms with Gasteiger partial charge in [-0.2, -0.15) is 0 Å². The molecule has 0 aromatic heterocycles. The molecule has 0 amide bonds. The molecule has 81 heavy (non-hydrogen) atoms. The zero-order chi connectivity index (χ0) is 58.5. The maximum absolute atomic E-state index is 12.9. The van der Waals surface area contributed by atoms with E-state index in [4.69, 9.17) is 14.2 Å². The molecule has 6 heteroatoms. The first-order valence-electron chi connectivity index (χ1n) is 34.0. The fraction of sp³-hybridized carbons (Fsp3) is 0.693. The fourth-order valence-corrected chi connectivity index (χ4v) is 9.40. The Morgan fingerprint density at radius 3 is 0.765 bits per heavy atom. The largest absolute Gasteiger partial charge is 0.462 e. The van der Waals surface area contributed by atoms with Crippen LogP contribution in [-0.2, 0) is 28.6 Å². The lowest BCUT2D eigenvalue weighted by molar-refractivity contribution is -0.167. The molecule has 1 unspecified atom stereocenters. The SMILES string of the molecule is CC/C=C\C/C=C\C/C=C\C/C=C\C/C=C\C/C=C\CCCCCCCCCCCCCCCCC(=O)OCC(COC(=O)CCCCCCC/C=C\CCCCCCCC)OC(=O)CCCCCCC/C=C\C/C=C\C/C=C\CC.